The lowest BCUT2D eigenvalue weighted by Gasteiger charge is -2.26. The van der Waals surface area contributed by atoms with Gasteiger partial charge in [-0.3, -0.25) is 0 Å². The summed E-state index contributed by atoms with van der Waals surface area (Å²) in [5.41, 5.74) is -1.39. The molecule has 0 aromatic heterocycles. The Hall–Kier alpha value is -1.19. The van der Waals surface area contributed by atoms with Gasteiger partial charge in [-0.2, -0.15) is 0 Å². The molecule has 0 unspecified atom stereocenters. The summed E-state index contributed by atoms with van der Waals surface area (Å²) in [5, 5.41) is 18.7. The summed E-state index contributed by atoms with van der Waals surface area (Å²) in [5.74, 6) is -0.333. The highest BCUT2D eigenvalue weighted by Crippen LogP contribution is 2.09. The average molecular weight is 302 g/mol. The molecule has 2 rings (SSSR count). The van der Waals surface area contributed by atoms with Gasteiger partial charge in [0, 0.05) is 0 Å². The van der Waals surface area contributed by atoms with Crippen molar-refractivity contribution in [3.05, 3.63) is 0 Å². The highest BCUT2D eigenvalue weighted by atomic mass is 16.5. The van der Waals surface area contributed by atoms with Crippen LogP contribution in [0.15, 0.2) is 0 Å². The maximum atomic E-state index is 9.36. The van der Waals surface area contributed by atoms with Gasteiger partial charge < -0.3 is 14.8 Å². The van der Waals surface area contributed by atoms with Crippen LogP contribution in [0.2, 0.25) is 0 Å². The fraction of sp³-hybridized carbons (Fsp3) is 0. The quantitative estimate of drug-likeness (QED) is 0.554. The Kier molecular flexibility index (Phi) is 5.80. The first kappa shape index (κ1) is 20.1. The maximum absolute atomic E-state index is 9.36. The van der Waals surface area contributed by atoms with E-state index in [-0.39, 0.29) is 66.1 Å². The smallest absolute Gasteiger partial charge is 0.460 e. The Balaban J connectivity index is 2.72. The van der Waals surface area contributed by atoms with Gasteiger partial charge in [0.25, 0.3) is 0 Å². The first-order valence-corrected chi connectivity index (χ1v) is 6.81. The van der Waals surface area contributed by atoms with Crippen molar-refractivity contribution in [2.75, 3.05) is 0 Å². The van der Waals surface area contributed by atoms with E-state index in [0.717, 1.165) is 0 Å². The number of rotatable bonds is 3. The molecule has 2 aromatic rings. The number of ether oxygens (including phenoxy) is 1. The van der Waals surface area contributed by atoms with Crippen molar-refractivity contribution >= 4 is 132 Å². The number of benzene rings is 2. The predicted molar refractivity (Wildman–Crippen MR) is 111 cm³/mol. The van der Waals surface area contributed by atoms with E-state index in [0.29, 0.717) is 0 Å². The van der Waals surface area contributed by atoms with Gasteiger partial charge in [-0.15, -0.1) is 27.3 Å². The van der Waals surface area contributed by atoms with Crippen LogP contribution in [0.1, 0.15) is 0 Å². The van der Waals surface area contributed by atoms with Crippen LogP contribution in [-0.2, 0) is 0 Å². The number of hydrogen-bond donors (Lipinski definition) is 2. The molecular weight excluding hydrogens is 300 g/mol. The van der Waals surface area contributed by atoms with Gasteiger partial charge in [-0.1, -0.05) is 21.9 Å². The second-order valence-electron chi connectivity index (χ2n) is 5.27. The van der Waals surface area contributed by atoms with E-state index >= 15 is 0 Å². The van der Waals surface area contributed by atoms with Crippen molar-refractivity contribution < 1.29 is 14.8 Å². The van der Waals surface area contributed by atoms with Crippen LogP contribution in [0.5, 0.6) is 11.5 Å². The third kappa shape index (κ3) is 3.29. The third-order valence-corrected chi connectivity index (χ3v) is 3.76. The van der Waals surface area contributed by atoms with Crippen molar-refractivity contribution in [2.45, 2.75) is 0 Å². The molecule has 18 radical (unpaired) electrons. The SMILES string of the molecule is [B]c1c([B])c([B])c(Oc2c([B])c([B])c(B(O)O)c([B])c2[B])c([B])c1[B]. The molecule has 2 N–H and O–H groups in total. The van der Waals surface area contributed by atoms with Crippen molar-refractivity contribution in [1.82, 2.24) is 0 Å². The molecular formula is C12H2B10O3. The summed E-state index contributed by atoms with van der Waals surface area (Å²) in [7, 11) is 50.3. The predicted octanol–water partition coefficient (Wildman–Crippen LogP) is -9.70. The first-order valence-electron chi connectivity index (χ1n) is 6.81. The Morgan fingerprint density at radius 2 is 0.760 bits per heavy atom. The Morgan fingerprint density at radius 1 is 0.480 bits per heavy atom. The summed E-state index contributed by atoms with van der Waals surface area (Å²) < 4.78 is 5.58. The zero-order valence-corrected chi connectivity index (χ0v) is 13.1. The van der Waals surface area contributed by atoms with E-state index in [1.165, 1.54) is 0 Å². The van der Waals surface area contributed by atoms with Crippen LogP contribution in [0, 0.1) is 0 Å². The lowest BCUT2D eigenvalue weighted by atomic mass is 9.58. The largest absolute Gasteiger partial charge is 0.487 e. The van der Waals surface area contributed by atoms with Crippen LogP contribution < -0.4 is 59.4 Å². The van der Waals surface area contributed by atoms with Crippen LogP contribution >= 0.6 is 0 Å². The molecule has 0 aliphatic rings. The van der Waals surface area contributed by atoms with Gasteiger partial charge >= 0.3 is 7.12 Å². The maximum Gasteiger partial charge on any atom is 0.487 e. The van der Waals surface area contributed by atoms with Gasteiger partial charge in [-0.25, -0.2) is 0 Å². The van der Waals surface area contributed by atoms with E-state index in [1.54, 1.807) is 0 Å². The highest BCUT2D eigenvalue weighted by molar-refractivity contribution is 6.75. The summed E-state index contributed by atoms with van der Waals surface area (Å²) in [6.45, 7) is 0. The van der Waals surface area contributed by atoms with E-state index < -0.39 is 7.12 Å². The van der Waals surface area contributed by atoms with Gasteiger partial charge in [0.2, 0.25) is 0 Å². The molecule has 0 amide bonds. The molecule has 13 heteroatoms. The van der Waals surface area contributed by atoms with Gasteiger partial charge in [0.15, 0.2) is 0 Å². The van der Waals surface area contributed by atoms with E-state index in [2.05, 4.69) is 0 Å². The summed E-state index contributed by atoms with van der Waals surface area (Å²) in [6, 6.07) is 0. The van der Waals surface area contributed by atoms with E-state index in [9.17, 15) is 10.0 Å². The van der Waals surface area contributed by atoms with Crippen LogP contribution in [-0.4, -0.2) is 87.8 Å². The van der Waals surface area contributed by atoms with Gasteiger partial charge in [0.05, 0.1) is 0 Å². The minimum atomic E-state index is -1.99. The monoisotopic (exact) mass is 304 g/mol. The second kappa shape index (κ2) is 7.20. The number of hydrogen-bond acceptors (Lipinski definition) is 3. The fourth-order valence-electron chi connectivity index (χ4n) is 2.25. The highest BCUT2D eigenvalue weighted by Gasteiger charge is 2.23. The summed E-state index contributed by atoms with van der Waals surface area (Å²) in [6.07, 6.45) is 0. The Morgan fingerprint density at radius 3 is 1.08 bits per heavy atom. The minimum absolute atomic E-state index is 0.000993. The molecule has 0 aliphatic heterocycles. The molecule has 0 bridgehead atoms. The van der Waals surface area contributed by atoms with Crippen molar-refractivity contribution in [3.63, 3.8) is 0 Å². The lowest BCUT2D eigenvalue weighted by Crippen LogP contribution is -2.61. The molecule has 2 aromatic carbocycles. The molecule has 0 spiro atoms. The molecule has 0 heterocycles. The lowest BCUT2D eigenvalue weighted by molar-refractivity contribution is 0.426. The van der Waals surface area contributed by atoms with Crippen molar-refractivity contribution in [3.8, 4) is 11.5 Å². The summed E-state index contributed by atoms with van der Waals surface area (Å²) >= 11 is 0. The molecule has 98 valence electrons. The fourth-order valence-corrected chi connectivity index (χ4v) is 2.25. The molecule has 0 saturated carbocycles. The molecule has 0 atom stereocenters. The van der Waals surface area contributed by atoms with Crippen LogP contribution in [0.4, 0.5) is 0 Å². The Bertz CT molecular complexity index is 809. The van der Waals surface area contributed by atoms with Crippen LogP contribution in [0.3, 0.4) is 0 Å². The molecule has 25 heavy (non-hydrogen) atoms. The molecule has 0 saturated heterocycles. The topological polar surface area (TPSA) is 49.7 Å². The van der Waals surface area contributed by atoms with Crippen molar-refractivity contribution in [2.24, 2.45) is 0 Å². The van der Waals surface area contributed by atoms with E-state index in [1.807, 2.05) is 0 Å². The standard InChI is InChI=1S/C12H2B10O3/c13-1-2(14)6(18)11(7(19)3(1)15)25-12-8(20)4(16)10(22(23)24)5(17)9(12)21/h23-24H. The van der Waals surface area contributed by atoms with Crippen molar-refractivity contribution in [1.29, 1.82) is 0 Å². The average Bonchev–Trinajstić information content (AvgIpc) is 2.55. The zero-order chi connectivity index (χ0) is 19.2. The molecule has 3 nitrogen and oxygen atoms in total. The first-order chi connectivity index (χ1) is 11.5. The normalized spacial score (nSPS) is 10.6. The Labute approximate surface area is 158 Å². The van der Waals surface area contributed by atoms with Crippen LogP contribution in [0.25, 0.3) is 0 Å². The van der Waals surface area contributed by atoms with Gasteiger partial charge in [0.1, 0.15) is 82.1 Å². The molecule has 0 aliphatic carbocycles. The zero-order valence-electron chi connectivity index (χ0n) is 13.1. The van der Waals surface area contributed by atoms with Gasteiger partial charge in [-0.05, 0) is 5.46 Å². The minimum Gasteiger partial charge on any atom is -0.460 e. The second-order valence-corrected chi connectivity index (χ2v) is 5.27. The molecule has 0 fully saturated rings. The summed E-state index contributed by atoms with van der Waals surface area (Å²) in [4.78, 5) is 0. The van der Waals surface area contributed by atoms with E-state index in [4.69, 9.17) is 75.4 Å². The third-order valence-electron chi connectivity index (χ3n) is 3.76.